The second kappa shape index (κ2) is 2.82. The van der Waals surface area contributed by atoms with E-state index in [0.29, 0.717) is 0 Å². The molecule has 0 aromatic rings. The number of hydrogen-bond acceptors (Lipinski definition) is 3. The quantitative estimate of drug-likeness (QED) is 0.660. The van der Waals surface area contributed by atoms with E-state index in [0.717, 1.165) is 38.5 Å². The second-order valence-electron chi connectivity index (χ2n) is 7.41. The van der Waals surface area contributed by atoms with Crippen LogP contribution in [-0.4, -0.2) is 34.1 Å². The number of hydrogen-bond donors (Lipinski definition) is 3. The van der Waals surface area contributed by atoms with Crippen molar-refractivity contribution in [3.05, 3.63) is 0 Å². The minimum atomic E-state index is -0.630. The van der Waals surface area contributed by atoms with Gasteiger partial charge in [0.15, 0.2) is 0 Å². The SMILES string of the molecule is CC12CC3(O)CC(CO)(C1)CC(CO)(C2)C3. The summed E-state index contributed by atoms with van der Waals surface area (Å²) in [7, 11) is 0. The van der Waals surface area contributed by atoms with Gasteiger partial charge in [-0.25, -0.2) is 0 Å². The molecule has 3 heteroatoms. The van der Waals surface area contributed by atoms with Gasteiger partial charge in [0, 0.05) is 13.2 Å². The lowest BCUT2D eigenvalue weighted by atomic mass is 9.39. The van der Waals surface area contributed by atoms with Crippen molar-refractivity contribution in [3.8, 4) is 0 Å². The highest BCUT2D eigenvalue weighted by molar-refractivity contribution is 5.16. The average Bonchev–Trinajstić information content (AvgIpc) is 2.12. The van der Waals surface area contributed by atoms with Crippen LogP contribution >= 0.6 is 0 Å². The van der Waals surface area contributed by atoms with Crippen LogP contribution in [0.3, 0.4) is 0 Å². The Bertz CT molecular complexity index is 281. The Balaban J connectivity index is 2.06. The van der Waals surface area contributed by atoms with Gasteiger partial charge in [-0.1, -0.05) is 6.92 Å². The topological polar surface area (TPSA) is 60.7 Å². The van der Waals surface area contributed by atoms with Crippen LogP contribution < -0.4 is 0 Å². The predicted octanol–water partition coefficient (Wildman–Crippen LogP) is 1.06. The molecule has 4 rings (SSSR count). The van der Waals surface area contributed by atoms with E-state index in [1.54, 1.807) is 0 Å². The van der Waals surface area contributed by atoms with E-state index in [2.05, 4.69) is 6.92 Å². The minimum Gasteiger partial charge on any atom is -0.396 e. The normalized spacial score (nSPS) is 59.2. The molecule has 0 saturated heterocycles. The van der Waals surface area contributed by atoms with Gasteiger partial charge in [-0.15, -0.1) is 0 Å². The molecule has 0 aromatic heterocycles. The van der Waals surface area contributed by atoms with Gasteiger partial charge in [0.1, 0.15) is 0 Å². The van der Waals surface area contributed by atoms with Crippen molar-refractivity contribution >= 4 is 0 Å². The third-order valence-electron chi connectivity index (χ3n) is 5.19. The summed E-state index contributed by atoms with van der Waals surface area (Å²) in [5.41, 5.74) is -0.758. The van der Waals surface area contributed by atoms with Crippen molar-refractivity contribution < 1.29 is 15.3 Å². The van der Waals surface area contributed by atoms with E-state index in [9.17, 15) is 15.3 Å². The molecule has 0 aliphatic heterocycles. The largest absolute Gasteiger partial charge is 0.396 e. The lowest BCUT2D eigenvalue weighted by molar-refractivity contribution is -0.245. The highest BCUT2D eigenvalue weighted by Gasteiger charge is 2.66. The van der Waals surface area contributed by atoms with Crippen molar-refractivity contribution in [1.29, 1.82) is 0 Å². The van der Waals surface area contributed by atoms with Gasteiger partial charge in [0.25, 0.3) is 0 Å². The summed E-state index contributed by atoms with van der Waals surface area (Å²) >= 11 is 0. The van der Waals surface area contributed by atoms with Crippen LogP contribution in [0.5, 0.6) is 0 Å². The summed E-state index contributed by atoms with van der Waals surface area (Å²) in [5, 5.41) is 30.0. The summed E-state index contributed by atoms with van der Waals surface area (Å²) in [6.07, 6.45) is 5.23. The van der Waals surface area contributed by atoms with E-state index in [1.807, 2.05) is 0 Å². The lowest BCUT2D eigenvalue weighted by Gasteiger charge is -2.68. The summed E-state index contributed by atoms with van der Waals surface area (Å²) in [4.78, 5) is 0. The maximum atomic E-state index is 10.6. The first-order valence-electron chi connectivity index (χ1n) is 6.31. The average molecular weight is 226 g/mol. The molecule has 3 N–H and O–H groups in total. The Morgan fingerprint density at radius 2 is 1.31 bits per heavy atom. The molecule has 4 aliphatic carbocycles. The monoisotopic (exact) mass is 226 g/mol. The Morgan fingerprint density at radius 3 is 1.69 bits per heavy atom. The van der Waals surface area contributed by atoms with Gasteiger partial charge in [-0.3, -0.25) is 0 Å². The molecule has 2 atom stereocenters. The molecule has 16 heavy (non-hydrogen) atoms. The Hall–Kier alpha value is -0.120. The zero-order valence-electron chi connectivity index (χ0n) is 10.00. The zero-order valence-corrected chi connectivity index (χ0v) is 10.00. The zero-order chi connectivity index (χ0) is 11.7. The van der Waals surface area contributed by atoms with Gasteiger partial charge in [-0.05, 0) is 54.8 Å². The van der Waals surface area contributed by atoms with Crippen LogP contribution in [0.1, 0.15) is 45.4 Å². The Labute approximate surface area is 96.5 Å². The third-order valence-corrected chi connectivity index (χ3v) is 5.19. The van der Waals surface area contributed by atoms with Gasteiger partial charge < -0.3 is 15.3 Å². The highest BCUT2D eigenvalue weighted by Crippen LogP contribution is 2.70. The van der Waals surface area contributed by atoms with Crippen LogP contribution in [0.25, 0.3) is 0 Å². The van der Waals surface area contributed by atoms with Crippen LogP contribution in [0.15, 0.2) is 0 Å². The van der Waals surface area contributed by atoms with Crippen LogP contribution in [0.2, 0.25) is 0 Å². The van der Waals surface area contributed by atoms with Gasteiger partial charge in [0.05, 0.1) is 5.60 Å². The molecule has 4 bridgehead atoms. The van der Waals surface area contributed by atoms with Gasteiger partial charge in [-0.2, -0.15) is 0 Å². The fourth-order valence-electron chi connectivity index (χ4n) is 5.88. The molecule has 4 saturated carbocycles. The fourth-order valence-corrected chi connectivity index (χ4v) is 5.88. The summed E-state index contributed by atoms with van der Waals surface area (Å²) in [5.74, 6) is 0. The van der Waals surface area contributed by atoms with Gasteiger partial charge in [0.2, 0.25) is 0 Å². The molecule has 0 aromatic carbocycles. The van der Waals surface area contributed by atoms with Crippen molar-refractivity contribution in [2.75, 3.05) is 13.2 Å². The highest BCUT2D eigenvalue weighted by atomic mass is 16.3. The maximum absolute atomic E-state index is 10.6. The molecule has 0 amide bonds. The van der Waals surface area contributed by atoms with Crippen LogP contribution in [0.4, 0.5) is 0 Å². The summed E-state index contributed by atoms with van der Waals surface area (Å²) in [6.45, 7) is 2.53. The maximum Gasteiger partial charge on any atom is 0.0665 e. The van der Waals surface area contributed by atoms with Crippen molar-refractivity contribution in [2.24, 2.45) is 16.2 Å². The molecular formula is C13H22O3. The minimum absolute atomic E-state index is 0.120. The summed E-state index contributed by atoms with van der Waals surface area (Å²) < 4.78 is 0. The molecule has 4 aliphatic rings. The lowest BCUT2D eigenvalue weighted by Crippen LogP contribution is -2.65. The fraction of sp³-hybridized carbons (Fsp3) is 1.00. The molecular weight excluding hydrogens is 204 g/mol. The van der Waals surface area contributed by atoms with Crippen molar-refractivity contribution in [2.45, 2.75) is 51.0 Å². The number of aliphatic hydroxyl groups is 3. The number of aliphatic hydroxyl groups excluding tert-OH is 2. The van der Waals surface area contributed by atoms with Gasteiger partial charge >= 0.3 is 0 Å². The molecule has 3 nitrogen and oxygen atoms in total. The predicted molar refractivity (Wildman–Crippen MR) is 59.8 cm³/mol. The molecule has 4 fully saturated rings. The molecule has 92 valence electrons. The van der Waals surface area contributed by atoms with E-state index in [-0.39, 0.29) is 29.5 Å². The van der Waals surface area contributed by atoms with E-state index < -0.39 is 5.60 Å². The molecule has 0 radical (unpaired) electrons. The van der Waals surface area contributed by atoms with Crippen LogP contribution in [0, 0.1) is 16.2 Å². The Morgan fingerprint density at radius 1 is 0.812 bits per heavy atom. The van der Waals surface area contributed by atoms with Crippen LogP contribution in [-0.2, 0) is 0 Å². The molecule has 0 spiro atoms. The second-order valence-corrected chi connectivity index (χ2v) is 7.41. The smallest absolute Gasteiger partial charge is 0.0665 e. The van der Waals surface area contributed by atoms with E-state index >= 15 is 0 Å². The first-order valence-corrected chi connectivity index (χ1v) is 6.31. The third kappa shape index (κ3) is 1.31. The Kier molecular flexibility index (Phi) is 1.94. The van der Waals surface area contributed by atoms with E-state index in [1.165, 1.54) is 0 Å². The summed E-state index contributed by atoms with van der Waals surface area (Å²) in [6, 6.07) is 0. The molecule has 0 heterocycles. The van der Waals surface area contributed by atoms with Crippen molar-refractivity contribution in [3.63, 3.8) is 0 Å². The van der Waals surface area contributed by atoms with E-state index in [4.69, 9.17) is 0 Å². The van der Waals surface area contributed by atoms with Crippen molar-refractivity contribution in [1.82, 2.24) is 0 Å². The first-order chi connectivity index (χ1) is 7.36. The molecule has 2 unspecified atom stereocenters. The number of rotatable bonds is 2. The standard InChI is InChI=1S/C13H22O3/c1-10-2-11(8-14)5-12(3-10,9-15)7-13(16,4-10)6-11/h14-16H,2-9H2,1H3. The first kappa shape index (κ1) is 11.0.